The number of carbonyl (C=O) groups is 1. The van der Waals surface area contributed by atoms with Crippen molar-refractivity contribution in [1.29, 1.82) is 0 Å². The lowest BCUT2D eigenvalue weighted by atomic mass is 9.94. The van der Waals surface area contributed by atoms with Gasteiger partial charge in [-0.1, -0.05) is 0 Å². The van der Waals surface area contributed by atoms with E-state index in [1.165, 1.54) is 0 Å². The molecular weight excluding hydrogens is 368 g/mol. The highest BCUT2D eigenvalue weighted by Crippen LogP contribution is 2.34. The van der Waals surface area contributed by atoms with Gasteiger partial charge in [-0.3, -0.25) is 4.79 Å². The van der Waals surface area contributed by atoms with Crippen LogP contribution in [0.4, 0.5) is 0 Å². The number of aryl methyl sites for hydroxylation is 2. The molecule has 0 radical (unpaired) electrons. The number of hydrogen-bond acceptors (Lipinski definition) is 6. The van der Waals surface area contributed by atoms with E-state index < -0.39 is 0 Å². The quantitative estimate of drug-likeness (QED) is 0.728. The molecule has 1 amide bonds. The Morgan fingerprint density at radius 2 is 2.10 bits per heavy atom. The Morgan fingerprint density at radius 3 is 2.97 bits per heavy atom. The third-order valence-corrected chi connectivity index (χ3v) is 6.16. The maximum atomic E-state index is 13.3. The fraction of sp³-hybridized carbons (Fsp3) is 0.524. The van der Waals surface area contributed by atoms with Crippen LogP contribution in [-0.4, -0.2) is 50.2 Å². The Labute approximate surface area is 169 Å². The Kier molecular flexibility index (Phi) is 4.58. The average molecular weight is 394 g/mol. The van der Waals surface area contributed by atoms with E-state index in [0.29, 0.717) is 26.2 Å². The molecule has 1 saturated heterocycles. The monoisotopic (exact) mass is 394 g/mol. The lowest BCUT2D eigenvalue weighted by Crippen LogP contribution is -2.29. The highest BCUT2D eigenvalue weighted by Gasteiger charge is 2.35. The molecule has 1 fully saturated rings. The molecule has 2 aliphatic rings. The number of furan rings is 1. The van der Waals surface area contributed by atoms with E-state index in [-0.39, 0.29) is 11.8 Å². The van der Waals surface area contributed by atoms with Gasteiger partial charge in [0.25, 0.3) is 5.91 Å². The number of nitrogens with two attached hydrogens (primary N) is 1. The van der Waals surface area contributed by atoms with Crippen LogP contribution in [0.2, 0.25) is 0 Å². The summed E-state index contributed by atoms with van der Waals surface area (Å²) < 4.78 is 7.76. The van der Waals surface area contributed by atoms with E-state index in [4.69, 9.17) is 15.2 Å². The molecule has 1 aliphatic heterocycles. The lowest BCUT2D eigenvalue weighted by Gasteiger charge is -2.18. The van der Waals surface area contributed by atoms with Gasteiger partial charge in [-0.25, -0.2) is 14.6 Å². The molecule has 3 aromatic rings. The van der Waals surface area contributed by atoms with Gasteiger partial charge >= 0.3 is 0 Å². The molecule has 4 heterocycles. The summed E-state index contributed by atoms with van der Waals surface area (Å²) >= 11 is 0. The summed E-state index contributed by atoms with van der Waals surface area (Å²) in [5.41, 5.74) is 10.1. The molecule has 8 nitrogen and oxygen atoms in total. The van der Waals surface area contributed by atoms with Crippen LogP contribution in [-0.2, 0) is 19.4 Å². The van der Waals surface area contributed by atoms with E-state index in [0.717, 1.165) is 71.6 Å². The van der Waals surface area contributed by atoms with Crippen molar-refractivity contribution in [1.82, 2.24) is 24.6 Å². The second kappa shape index (κ2) is 7.26. The van der Waals surface area contributed by atoms with Crippen LogP contribution in [0.1, 0.15) is 58.3 Å². The molecular formula is C21H26N6O2. The third kappa shape index (κ3) is 3.02. The van der Waals surface area contributed by atoms with E-state index >= 15 is 0 Å². The van der Waals surface area contributed by atoms with Gasteiger partial charge in [0, 0.05) is 49.9 Å². The van der Waals surface area contributed by atoms with E-state index in [1.807, 2.05) is 16.5 Å². The predicted molar refractivity (Wildman–Crippen MR) is 108 cm³/mol. The molecule has 0 saturated carbocycles. The number of hydrogen-bond donors (Lipinski definition) is 1. The number of likely N-dealkylation sites (tertiary alicyclic amines) is 1. The van der Waals surface area contributed by atoms with Gasteiger partial charge in [-0.15, -0.1) is 0 Å². The van der Waals surface area contributed by atoms with Gasteiger partial charge in [0.15, 0.2) is 5.65 Å². The van der Waals surface area contributed by atoms with Gasteiger partial charge in [0.05, 0.1) is 17.8 Å². The van der Waals surface area contributed by atoms with Crippen LogP contribution in [0, 0.1) is 6.92 Å². The fourth-order valence-electron chi connectivity index (χ4n) is 4.79. The number of nitrogens with zero attached hydrogens (tertiary/aromatic N) is 5. The van der Waals surface area contributed by atoms with Crippen LogP contribution < -0.4 is 5.73 Å². The van der Waals surface area contributed by atoms with Crippen molar-refractivity contribution in [3.8, 4) is 0 Å². The summed E-state index contributed by atoms with van der Waals surface area (Å²) in [6.07, 6.45) is 8.38. The molecule has 8 heteroatoms. The summed E-state index contributed by atoms with van der Waals surface area (Å²) in [6, 6.07) is 0. The van der Waals surface area contributed by atoms with Gasteiger partial charge in [0.1, 0.15) is 17.0 Å². The standard InChI is InChI=1S/C21H26N6O2/c1-13-17(15-4-2-3-5-16(15)29-13)21(28)26-10-6-14(12-26)18-19-20(24-9-8-23-19)27(25-18)11-7-22/h8-9,14H,2-7,10-12,22H2,1H3/t14-/m0/s1. The molecule has 29 heavy (non-hydrogen) atoms. The predicted octanol–water partition coefficient (Wildman–Crippen LogP) is 2.19. The largest absolute Gasteiger partial charge is 0.465 e. The molecule has 1 aliphatic carbocycles. The minimum atomic E-state index is 0.0914. The van der Waals surface area contributed by atoms with Crippen molar-refractivity contribution in [2.45, 2.75) is 51.5 Å². The Morgan fingerprint density at radius 1 is 1.28 bits per heavy atom. The highest BCUT2D eigenvalue weighted by molar-refractivity contribution is 5.97. The third-order valence-electron chi connectivity index (χ3n) is 6.16. The normalized spacial score (nSPS) is 19.1. The number of aromatic nitrogens is 4. The van der Waals surface area contributed by atoms with E-state index in [9.17, 15) is 4.79 Å². The first-order valence-corrected chi connectivity index (χ1v) is 10.4. The molecule has 2 N–H and O–H groups in total. The van der Waals surface area contributed by atoms with Gasteiger partial charge in [-0.05, 0) is 32.6 Å². The smallest absolute Gasteiger partial charge is 0.257 e. The first-order chi connectivity index (χ1) is 14.2. The van der Waals surface area contributed by atoms with Crippen LogP contribution in [0.5, 0.6) is 0 Å². The summed E-state index contributed by atoms with van der Waals surface area (Å²) in [4.78, 5) is 24.2. The van der Waals surface area contributed by atoms with Crippen LogP contribution in [0.3, 0.4) is 0 Å². The Balaban J connectivity index is 1.42. The maximum absolute atomic E-state index is 13.3. The van der Waals surface area contributed by atoms with Crippen molar-refractivity contribution in [2.24, 2.45) is 5.73 Å². The molecule has 0 unspecified atom stereocenters. The molecule has 5 rings (SSSR count). The van der Waals surface area contributed by atoms with Gasteiger partial charge in [-0.2, -0.15) is 5.10 Å². The SMILES string of the molecule is Cc1oc2c(c1C(=O)N1CC[C@H](c3nn(CCN)c4nccnc34)C1)CCCC2. The Bertz CT molecular complexity index is 1070. The summed E-state index contributed by atoms with van der Waals surface area (Å²) in [5.74, 6) is 2.01. The van der Waals surface area contributed by atoms with Crippen molar-refractivity contribution in [3.05, 3.63) is 40.7 Å². The molecule has 0 spiro atoms. The number of rotatable bonds is 4. The number of carbonyl (C=O) groups excluding carboxylic acids is 1. The Hall–Kier alpha value is -2.74. The zero-order chi connectivity index (χ0) is 20.0. The summed E-state index contributed by atoms with van der Waals surface area (Å²) in [7, 11) is 0. The van der Waals surface area contributed by atoms with E-state index in [2.05, 4.69) is 9.97 Å². The lowest BCUT2D eigenvalue weighted by molar-refractivity contribution is 0.0788. The van der Waals surface area contributed by atoms with Crippen LogP contribution in [0.15, 0.2) is 16.8 Å². The second-order valence-electron chi connectivity index (χ2n) is 8.00. The number of fused-ring (bicyclic) bond motifs is 2. The van der Waals surface area contributed by atoms with Gasteiger partial charge in [0.2, 0.25) is 0 Å². The summed E-state index contributed by atoms with van der Waals surface area (Å²) in [6.45, 7) is 4.37. The molecule has 152 valence electrons. The topological polar surface area (TPSA) is 103 Å². The molecule has 0 bridgehead atoms. The van der Waals surface area contributed by atoms with Crippen molar-refractivity contribution < 1.29 is 9.21 Å². The van der Waals surface area contributed by atoms with Crippen LogP contribution in [0.25, 0.3) is 11.2 Å². The zero-order valence-corrected chi connectivity index (χ0v) is 16.7. The molecule has 3 aromatic heterocycles. The minimum absolute atomic E-state index is 0.0914. The highest BCUT2D eigenvalue weighted by atomic mass is 16.3. The summed E-state index contributed by atoms with van der Waals surface area (Å²) in [5, 5.41) is 4.76. The maximum Gasteiger partial charge on any atom is 0.257 e. The van der Waals surface area contributed by atoms with E-state index in [1.54, 1.807) is 12.4 Å². The fourth-order valence-corrected chi connectivity index (χ4v) is 4.79. The zero-order valence-electron chi connectivity index (χ0n) is 16.7. The van der Waals surface area contributed by atoms with Crippen molar-refractivity contribution >= 4 is 17.1 Å². The first-order valence-electron chi connectivity index (χ1n) is 10.4. The number of amides is 1. The minimum Gasteiger partial charge on any atom is -0.465 e. The van der Waals surface area contributed by atoms with Crippen LogP contribution >= 0.6 is 0 Å². The van der Waals surface area contributed by atoms with Crippen molar-refractivity contribution in [3.63, 3.8) is 0 Å². The molecule has 1 atom stereocenters. The average Bonchev–Trinajstić information content (AvgIpc) is 3.43. The first kappa shape index (κ1) is 18.3. The van der Waals surface area contributed by atoms with Gasteiger partial charge < -0.3 is 15.1 Å². The second-order valence-corrected chi connectivity index (χ2v) is 8.00. The molecule has 0 aromatic carbocycles. The van der Waals surface area contributed by atoms with Crippen molar-refractivity contribution in [2.75, 3.05) is 19.6 Å².